The molecular formula is C21H29N3O3. The van der Waals surface area contributed by atoms with Gasteiger partial charge >= 0.3 is 0 Å². The summed E-state index contributed by atoms with van der Waals surface area (Å²) in [6, 6.07) is 8.07. The van der Waals surface area contributed by atoms with Gasteiger partial charge in [0.25, 0.3) is 5.91 Å². The third-order valence-electron chi connectivity index (χ3n) is 5.86. The number of para-hydroxylation sites is 2. The molecule has 1 aliphatic carbocycles. The summed E-state index contributed by atoms with van der Waals surface area (Å²) in [6.07, 6.45) is 4.62. The second-order valence-corrected chi connectivity index (χ2v) is 7.97. The van der Waals surface area contributed by atoms with Crippen LogP contribution in [0, 0.1) is 5.92 Å². The predicted octanol–water partition coefficient (Wildman–Crippen LogP) is 2.18. The average molecular weight is 371 g/mol. The summed E-state index contributed by atoms with van der Waals surface area (Å²) in [6.45, 7) is 4.92. The van der Waals surface area contributed by atoms with Crippen molar-refractivity contribution < 1.29 is 14.3 Å². The van der Waals surface area contributed by atoms with Crippen molar-refractivity contribution in [3.05, 3.63) is 24.3 Å². The molecule has 2 heterocycles. The summed E-state index contributed by atoms with van der Waals surface area (Å²) < 4.78 is 5.66. The number of rotatable bonds is 6. The van der Waals surface area contributed by atoms with E-state index in [4.69, 9.17) is 4.74 Å². The second kappa shape index (κ2) is 7.89. The highest BCUT2D eigenvalue weighted by Crippen LogP contribution is 2.33. The molecule has 1 aromatic carbocycles. The third kappa shape index (κ3) is 4.26. The first-order valence-electron chi connectivity index (χ1n) is 10.2. The first kappa shape index (κ1) is 18.3. The van der Waals surface area contributed by atoms with Crippen LogP contribution in [0.4, 0.5) is 5.69 Å². The standard InChI is InChI=1S/C21H29N3O3/c1-15-21(26)24(18-4-2-3-5-19(18)27-15)13-10-20(25)23-11-8-17(9-12-23)22-14-16-6-7-16/h2-5,15-17,22H,6-14H2,1H3. The minimum absolute atomic E-state index is 0.0792. The molecule has 4 rings (SSSR count). The molecule has 1 N–H and O–H groups in total. The van der Waals surface area contributed by atoms with Crippen LogP contribution in [0.5, 0.6) is 5.75 Å². The van der Waals surface area contributed by atoms with Crippen LogP contribution in [0.1, 0.15) is 39.0 Å². The lowest BCUT2D eigenvalue weighted by Gasteiger charge is -2.35. The Morgan fingerprint density at radius 1 is 1.19 bits per heavy atom. The number of carbonyl (C=O) groups is 2. The van der Waals surface area contributed by atoms with E-state index in [2.05, 4.69) is 5.32 Å². The fraction of sp³-hybridized carbons (Fsp3) is 0.619. The largest absolute Gasteiger partial charge is 0.479 e. The van der Waals surface area contributed by atoms with E-state index in [9.17, 15) is 9.59 Å². The summed E-state index contributed by atoms with van der Waals surface area (Å²) in [7, 11) is 0. The van der Waals surface area contributed by atoms with Gasteiger partial charge in [0, 0.05) is 32.1 Å². The quantitative estimate of drug-likeness (QED) is 0.833. The zero-order valence-corrected chi connectivity index (χ0v) is 16.0. The fourth-order valence-electron chi connectivity index (χ4n) is 3.94. The van der Waals surface area contributed by atoms with Crippen LogP contribution in [-0.2, 0) is 9.59 Å². The highest BCUT2D eigenvalue weighted by Gasteiger charge is 2.32. The van der Waals surface area contributed by atoms with E-state index in [0.717, 1.165) is 44.1 Å². The first-order valence-corrected chi connectivity index (χ1v) is 10.2. The van der Waals surface area contributed by atoms with Crippen molar-refractivity contribution >= 4 is 17.5 Å². The molecule has 6 nitrogen and oxygen atoms in total. The monoisotopic (exact) mass is 371 g/mol. The Kier molecular flexibility index (Phi) is 5.34. The molecule has 0 spiro atoms. The Balaban J connectivity index is 1.28. The average Bonchev–Trinajstić information content (AvgIpc) is 3.51. The Bertz CT molecular complexity index is 696. The van der Waals surface area contributed by atoms with Crippen molar-refractivity contribution in [1.29, 1.82) is 0 Å². The minimum Gasteiger partial charge on any atom is -0.479 e. The molecule has 27 heavy (non-hydrogen) atoms. The van der Waals surface area contributed by atoms with E-state index < -0.39 is 6.10 Å². The summed E-state index contributed by atoms with van der Waals surface area (Å²) in [5.74, 6) is 1.66. The number of ether oxygens (including phenoxy) is 1. The van der Waals surface area contributed by atoms with E-state index in [1.54, 1.807) is 11.8 Å². The van der Waals surface area contributed by atoms with Gasteiger partial charge in [-0.1, -0.05) is 12.1 Å². The van der Waals surface area contributed by atoms with Gasteiger partial charge < -0.3 is 19.9 Å². The van der Waals surface area contributed by atoms with E-state index >= 15 is 0 Å². The van der Waals surface area contributed by atoms with Crippen LogP contribution >= 0.6 is 0 Å². The third-order valence-corrected chi connectivity index (χ3v) is 5.86. The first-order chi connectivity index (χ1) is 13.1. The van der Waals surface area contributed by atoms with Crippen LogP contribution in [0.3, 0.4) is 0 Å². The van der Waals surface area contributed by atoms with Crippen LogP contribution in [0.25, 0.3) is 0 Å². The maximum absolute atomic E-state index is 12.7. The Morgan fingerprint density at radius 2 is 1.93 bits per heavy atom. The van der Waals surface area contributed by atoms with Crippen LogP contribution in [0.15, 0.2) is 24.3 Å². The highest BCUT2D eigenvalue weighted by molar-refractivity contribution is 6.00. The summed E-state index contributed by atoms with van der Waals surface area (Å²) in [5.41, 5.74) is 0.761. The number of amides is 2. The molecule has 2 aliphatic heterocycles. The lowest BCUT2D eigenvalue weighted by molar-refractivity contribution is -0.132. The highest BCUT2D eigenvalue weighted by atomic mass is 16.5. The molecule has 1 saturated carbocycles. The number of likely N-dealkylation sites (tertiary alicyclic amines) is 1. The number of benzene rings is 1. The van der Waals surface area contributed by atoms with Crippen molar-refractivity contribution in [3.63, 3.8) is 0 Å². The number of piperidine rings is 1. The van der Waals surface area contributed by atoms with Crippen LogP contribution in [-0.4, -0.2) is 55.0 Å². The summed E-state index contributed by atoms with van der Waals surface area (Å²) >= 11 is 0. The number of nitrogens with one attached hydrogen (secondary N) is 1. The lowest BCUT2D eigenvalue weighted by atomic mass is 10.0. The van der Waals surface area contributed by atoms with Gasteiger partial charge in [-0.25, -0.2) is 0 Å². The number of hydrogen-bond acceptors (Lipinski definition) is 4. The van der Waals surface area contributed by atoms with Crippen molar-refractivity contribution in [3.8, 4) is 5.75 Å². The summed E-state index contributed by atoms with van der Waals surface area (Å²) in [5, 5.41) is 3.64. The minimum atomic E-state index is -0.511. The molecule has 1 unspecified atom stereocenters. The molecule has 0 bridgehead atoms. The lowest BCUT2D eigenvalue weighted by Crippen LogP contribution is -2.48. The van der Waals surface area contributed by atoms with Crippen molar-refractivity contribution in [2.24, 2.45) is 5.92 Å². The molecule has 3 aliphatic rings. The van der Waals surface area contributed by atoms with Gasteiger partial charge in [0.2, 0.25) is 5.91 Å². The van der Waals surface area contributed by atoms with Crippen LogP contribution in [0.2, 0.25) is 0 Å². The smallest absolute Gasteiger partial charge is 0.267 e. The number of nitrogens with zero attached hydrogens (tertiary/aromatic N) is 2. The SMILES string of the molecule is CC1Oc2ccccc2N(CCC(=O)N2CCC(NCC3CC3)CC2)C1=O. The van der Waals surface area contributed by atoms with Crippen molar-refractivity contribution in [1.82, 2.24) is 10.2 Å². The second-order valence-electron chi connectivity index (χ2n) is 7.97. The number of hydrogen-bond donors (Lipinski definition) is 1. The number of anilines is 1. The Morgan fingerprint density at radius 3 is 2.67 bits per heavy atom. The Labute approximate surface area is 160 Å². The predicted molar refractivity (Wildman–Crippen MR) is 104 cm³/mol. The van der Waals surface area contributed by atoms with Crippen molar-refractivity contribution in [2.45, 2.75) is 51.2 Å². The Hall–Kier alpha value is -2.08. The molecule has 1 aromatic rings. The molecule has 146 valence electrons. The molecule has 1 saturated heterocycles. The number of carbonyl (C=O) groups excluding carboxylic acids is 2. The van der Waals surface area contributed by atoms with Crippen molar-refractivity contribution in [2.75, 3.05) is 31.1 Å². The van der Waals surface area contributed by atoms with Crippen LogP contribution < -0.4 is 15.0 Å². The van der Waals surface area contributed by atoms with Gasteiger partial charge in [-0.3, -0.25) is 9.59 Å². The maximum atomic E-state index is 12.7. The molecule has 0 radical (unpaired) electrons. The zero-order chi connectivity index (χ0) is 18.8. The van der Waals surface area contributed by atoms with E-state index in [0.29, 0.717) is 24.8 Å². The maximum Gasteiger partial charge on any atom is 0.267 e. The van der Waals surface area contributed by atoms with E-state index in [1.165, 1.54) is 12.8 Å². The zero-order valence-electron chi connectivity index (χ0n) is 16.0. The molecule has 2 amide bonds. The molecule has 2 fully saturated rings. The van der Waals surface area contributed by atoms with Gasteiger partial charge in [0.15, 0.2) is 6.10 Å². The molecule has 0 aromatic heterocycles. The van der Waals surface area contributed by atoms with Gasteiger partial charge in [-0.15, -0.1) is 0 Å². The molecule has 1 atom stereocenters. The molecule has 6 heteroatoms. The topological polar surface area (TPSA) is 61.9 Å². The summed E-state index contributed by atoms with van der Waals surface area (Å²) in [4.78, 5) is 28.8. The van der Waals surface area contributed by atoms with Gasteiger partial charge in [0.05, 0.1) is 5.69 Å². The number of fused-ring (bicyclic) bond motifs is 1. The fourth-order valence-corrected chi connectivity index (χ4v) is 3.94. The van der Waals surface area contributed by atoms with Gasteiger partial charge in [0.1, 0.15) is 5.75 Å². The normalized spacial score (nSPS) is 23.1. The van der Waals surface area contributed by atoms with E-state index in [1.807, 2.05) is 29.2 Å². The van der Waals surface area contributed by atoms with Gasteiger partial charge in [-0.2, -0.15) is 0 Å². The van der Waals surface area contributed by atoms with Gasteiger partial charge in [-0.05, 0) is 57.2 Å². The molecular weight excluding hydrogens is 342 g/mol. The van der Waals surface area contributed by atoms with E-state index in [-0.39, 0.29) is 11.8 Å².